The van der Waals surface area contributed by atoms with Crippen molar-refractivity contribution in [3.63, 3.8) is 0 Å². The van der Waals surface area contributed by atoms with Gasteiger partial charge in [-0.3, -0.25) is 0 Å². The second kappa shape index (κ2) is 6.53. The molecule has 0 amide bonds. The van der Waals surface area contributed by atoms with Crippen LogP contribution >= 0.6 is 11.6 Å². The van der Waals surface area contributed by atoms with Gasteiger partial charge in [0.05, 0.1) is 29.6 Å². The fraction of sp³-hybridized carbons (Fsp3) is 0.714. The fourth-order valence-corrected chi connectivity index (χ4v) is 2.48. The van der Waals surface area contributed by atoms with Gasteiger partial charge in [0, 0.05) is 25.6 Å². The van der Waals surface area contributed by atoms with Crippen LogP contribution in [0.4, 0.5) is 5.69 Å². The predicted molar refractivity (Wildman–Crippen MR) is 77.9 cm³/mol. The Labute approximate surface area is 120 Å². The van der Waals surface area contributed by atoms with Gasteiger partial charge >= 0.3 is 0 Å². The molecule has 1 aromatic rings. The molecule has 0 saturated carbocycles. The number of anilines is 1. The molecule has 2 heterocycles. The molecule has 1 aromatic heterocycles. The van der Waals surface area contributed by atoms with E-state index in [1.54, 1.807) is 0 Å². The molecule has 1 atom stereocenters. The van der Waals surface area contributed by atoms with Gasteiger partial charge in [-0.05, 0) is 13.3 Å². The molecule has 1 saturated heterocycles. The molecule has 0 radical (unpaired) electrons. The molecule has 5 heteroatoms. The van der Waals surface area contributed by atoms with Crippen molar-refractivity contribution in [2.45, 2.75) is 45.1 Å². The molecule has 106 valence electrons. The van der Waals surface area contributed by atoms with E-state index in [0.717, 1.165) is 43.3 Å². The highest BCUT2D eigenvalue weighted by atomic mass is 35.5. The van der Waals surface area contributed by atoms with Crippen molar-refractivity contribution < 1.29 is 4.74 Å². The van der Waals surface area contributed by atoms with Crippen molar-refractivity contribution >= 4 is 17.3 Å². The van der Waals surface area contributed by atoms with Crippen molar-refractivity contribution in [1.82, 2.24) is 9.97 Å². The number of nitrogens with zero attached hydrogens (tertiary/aromatic N) is 3. The zero-order chi connectivity index (χ0) is 13.8. The lowest BCUT2D eigenvalue weighted by Gasteiger charge is -2.25. The largest absolute Gasteiger partial charge is 0.377 e. The molecular weight excluding hydrogens is 262 g/mol. The summed E-state index contributed by atoms with van der Waals surface area (Å²) in [4.78, 5) is 11.4. The number of rotatable bonds is 3. The summed E-state index contributed by atoms with van der Waals surface area (Å²) in [7, 11) is 0. The molecule has 1 unspecified atom stereocenters. The van der Waals surface area contributed by atoms with Crippen molar-refractivity contribution in [3.05, 3.63) is 17.7 Å². The first-order valence-corrected chi connectivity index (χ1v) is 7.43. The first-order chi connectivity index (χ1) is 9.11. The van der Waals surface area contributed by atoms with E-state index in [1.165, 1.54) is 0 Å². The standard InChI is InChI=1S/C14H22ClN3O/c1-10(2)14-16-8-13(12(7-15)17-14)18-5-4-6-19-11(3)9-18/h8,10-11H,4-7,9H2,1-3H3. The molecule has 19 heavy (non-hydrogen) atoms. The first kappa shape index (κ1) is 14.5. The molecule has 1 aliphatic rings. The Morgan fingerprint density at radius 3 is 3.00 bits per heavy atom. The van der Waals surface area contributed by atoms with Gasteiger partial charge in [0.25, 0.3) is 0 Å². The maximum absolute atomic E-state index is 6.06. The molecule has 0 spiro atoms. The average molecular weight is 284 g/mol. The fourth-order valence-electron chi connectivity index (χ4n) is 2.28. The van der Waals surface area contributed by atoms with Crippen LogP contribution < -0.4 is 4.90 Å². The van der Waals surface area contributed by atoms with Crippen molar-refractivity contribution in [2.75, 3.05) is 24.6 Å². The van der Waals surface area contributed by atoms with E-state index in [9.17, 15) is 0 Å². The number of ether oxygens (including phenoxy) is 1. The third kappa shape index (κ3) is 3.57. The maximum Gasteiger partial charge on any atom is 0.131 e. The molecule has 1 aliphatic heterocycles. The number of aromatic nitrogens is 2. The third-order valence-corrected chi connectivity index (χ3v) is 3.55. The van der Waals surface area contributed by atoms with E-state index in [4.69, 9.17) is 16.3 Å². The van der Waals surface area contributed by atoms with Crippen LogP contribution in [0.2, 0.25) is 0 Å². The monoisotopic (exact) mass is 283 g/mol. The van der Waals surface area contributed by atoms with Crippen LogP contribution in [0.1, 0.15) is 44.6 Å². The molecule has 0 aromatic carbocycles. The number of halogens is 1. The van der Waals surface area contributed by atoms with E-state index in [-0.39, 0.29) is 6.10 Å². The zero-order valence-corrected chi connectivity index (χ0v) is 12.7. The molecule has 0 bridgehead atoms. The van der Waals surface area contributed by atoms with Crippen molar-refractivity contribution in [2.24, 2.45) is 0 Å². The Morgan fingerprint density at radius 2 is 2.32 bits per heavy atom. The van der Waals surface area contributed by atoms with Crippen LogP contribution in [0.5, 0.6) is 0 Å². The Kier molecular flexibility index (Phi) is 4.99. The van der Waals surface area contributed by atoms with Crippen molar-refractivity contribution in [3.8, 4) is 0 Å². The summed E-state index contributed by atoms with van der Waals surface area (Å²) in [6.07, 6.45) is 3.17. The Balaban J connectivity index is 2.27. The van der Waals surface area contributed by atoms with Gasteiger partial charge in [0.15, 0.2) is 0 Å². The third-order valence-electron chi connectivity index (χ3n) is 3.30. The number of hydrogen-bond acceptors (Lipinski definition) is 4. The minimum absolute atomic E-state index is 0.232. The van der Waals surface area contributed by atoms with Crippen LogP contribution in [-0.2, 0) is 10.6 Å². The molecular formula is C14H22ClN3O. The highest BCUT2D eigenvalue weighted by molar-refractivity contribution is 6.17. The zero-order valence-electron chi connectivity index (χ0n) is 11.9. The highest BCUT2D eigenvalue weighted by Crippen LogP contribution is 2.23. The predicted octanol–water partition coefficient (Wildman–Crippen LogP) is 2.95. The second-order valence-corrected chi connectivity index (χ2v) is 5.60. The highest BCUT2D eigenvalue weighted by Gasteiger charge is 2.19. The number of hydrogen-bond donors (Lipinski definition) is 0. The summed E-state index contributed by atoms with van der Waals surface area (Å²) >= 11 is 6.06. The maximum atomic E-state index is 6.06. The van der Waals surface area contributed by atoms with Gasteiger partial charge in [-0.1, -0.05) is 13.8 Å². The lowest BCUT2D eigenvalue weighted by molar-refractivity contribution is 0.0820. The van der Waals surface area contributed by atoms with Crippen LogP contribution in [0.15, 0.2) is 6.20 Å². The molecule has 1 fully saturated rings. The van der Waals surface area contributed by atoms with Crippen molar-refractivity contribution in [1.29, 1.82) is 0 Å². The smallest absolute Gasteiger partial charge is 0.131 e. The Hall–Kier alpha value is -0.870. The average Bonchev–Trinajstić information content (AvgIpc) is 2.62. The molecule has 2 rings (SSSR count). The van der Waals surface area contributed by atoms with Crippen LogP contribution in [0.3, 0.4) is 0 Å². The quantitative estimate of drug-likeness (QED) is 0.800. The lowest BCUT2D eigenvalue weighted by Crippen LogP contribution is -2.31. The van der Waals surface area contributed by atoms with Gasteiger partial charge in [-0.2, -0.15) is 0 Å². The summed E-state index contributed by atoms with van der Waals surface area (Å²) < 4.78 is 5.67. The minimum Gasteiger partial charge on any atom is -0.377 e. The number of alkyl halides is 1. The SMILES string of the molecule is CC1CN(c2cnc(C(C)C)nc2CCl)CCCO1. The van der Waals surface area contributed by atoms with Crippen LogP contribution in [0, 0.1) is 0 Å². The molecule has 0 aliphatic carbocycles. The normalized spacial score (nSPS) is 20.7. The van der Waals surface area contributed by atoms with E-state index in [2.05, 4.69) is 35.6 Å². The van der Waals surface area contributed by atoms with Gasteiger partial charge in [-0.15, -0.1) is 11.6 Å². The molecule has 4 nitrogen and oxygen atoms in total. The Bertz CT molecular complexity index is 425. The summed E-state index contributed by atoms with van der Waals surface area (Å²) in [5.74, 6) is 1.60. The van der Waals surface area contributed by atoms with Gasteiger partial charge in [0.2, 0.25) is 0 Å². The van der Waals surface area contributed by atoms with Gasteiger partial charge in [-0.25, -0.2) is 9.97 Å². The first-order valence-electron chi connectivity index (χ1n) is 6.90. The minimum atomic E-state index is 0.232. The second-order valence-electron chi connectivity index (χ2n) is 5.33. The lowest BCUT2D eigenvalue weighted by atomic mass is 10.2. The van der Waals surface area contributed by atoms with Crippen LogP contribution in [0.25, 0.3) is 0 Å². The summed E-state index contributed by atoms with van der Waals surface area (Å²) in [6.45, 7) is 8.94. The van der Waals surface area contributed by atoms with Gasteiger partial charge < -0.3 is 9.64 Å². The summed E-state index contributed by atoms with van der Waals surface area (Å²) in [5.41, 5.74) is 1.98. The topological polar surface area (TPSA) is 38.2 Å². The van der Waals surface area contributed by atoms with E-state index in [1.807, 2.05) is 6.20 Å². The summed E-state index contributed by atoms with van der Waals surface area (Å²) in [5, 5.41) is 0. The van der Waals surface area contributed by atoms with E-state index >= 15 is 0 Å². The van der Waals surface area contributed by atoms with E-state index < -0.39 is 0 Å². The van der Waals surface area contributed by atoms with Crippen LogP contribution in [-0.4, -0.2) is 35.8 Å². The summed E-state index contributed by atoms with van der Waals surface area (Å²) in [6, 6.07) is 0. The molecule has 0 N–H and O–H groups in total. The van der Waals surface area contributed by atoms with Gasteiger partial charge in [0.1, 0.15) is 5.82 Å². The Morgan fingerprint density at radius 1 is 1.53 bits per heavy atom. The van der Waals surface area contributed by atoms with E-state index in [0.29, 0.717) is 11.8 Å².